The number of benzene rings is 1. The molecule has 0 saturated carbocycles. The molecule has 0 spiro atoms. The first-order valence-electron chi connectivity index (χ1n) is 10.9. The fraction of sp³-hybridized carbons (Fsp3) is 0.500. The predicted octanol–water partition coefficient (Wildman–Crippen LogP) is 3.45. The molecule has 7 heteroatoms. The first-order chi connectivity index (χ1) is 14.8. The number of halogens is 1. The van der Waals surface area contributed by atoms with Crippen LogP contribution in [0.5, 0.6) is 5.88 Å². The maximum atomic E-state index is 14.3. The van der Waals surface area contributed by atoms with Gasteiger partial charge in [-0.1, -0.05) is 32.0 Å². The van der Waals surface area contributed by atoms with Gasteiger partial charge in [0.05, 0.1) is 12.6 Å². The van der Waals surface area contributed by atoms with E-state index in [0.717, 1.165) is 13.0 Å². The molecule has 2 heterocycles. The summed E-state index contributed by atoms with van der Waals surface area (Å²) in [5.41, 5.74) is 1.18. The van der Waals surface area contributed by atoms with Crippen LogP contribution in [0.2, 0.25) is 0 Å². The van der Waals surface area contributed by atoms with Crippen molar-refractivity contribution in [2.24, 2.45) is 5.92 Å². The number of rotatable bonds is 7. The number of aliphatic hydroxyl groups is 1. The zero-order chi connectivity index (χ0) is 22.5. The van der Waals surface area contributed by atoms with Crippen molar-refractivity contribution in [3.63, 3.8) is 0 Å². The Balaban J connectivity index is 2.04. The van der Waals surface area contributed by atoms with Crippen molar-refractivity contribution in [3.05, 3.63) is 47.9 Å². The number of hydrogen-bond acceptors (Lipinski definition) is 5. The van der Waals surface area contributed by atoms with E-state index in [-0.39, 0.29) is 47.8 Å². The lowest BCUT2D eigenvalue weighted by atomic mass is 9.99. The van der Waals surface area contributed by atoms with Crippen LogP contribution < -0.4 is 4.74 Å². The van der Waals surface area contributed by atoms with Crippen molar-refractivity contribution in [3.8, 4) is 17.0 Å². The van der Waals surface area contributed by atoms with Crippen molar-refractivity contribution in [2.45, 2.75) is 39.3 Å². The van der Waals surface area contributed by atoms with E-state index in [2.05, 4.69) is 16.8 Å². The van der Waals surface area contributed by atoms with E-state index in [1.807, 2.05) is 20.9 Å². The molecule has 0 bridgehead atoms. The first-order valence-corrected chi connectivity index (χ1v) is 10.9. The average Bonchev–Trinajstić information content (AvgIpc) is 2.76. The van der Waals surface area contributed by atoms with Gasteiger partial charge in [-0.05, 0) is 39.1 Å². The zero-order valence-electron chi connectivity index (χ0n) is 18.7. The summed E-state index contributed by atoms with van der Waals surface area (Å²) in [4.78, 5) is 21.7. The molecule has 1 amide bonds. The van der Waals surface area contributed by atoms with E-state index in [1.165, 1.54) is 6.07 Å². The third-order valence-corrected chi connectivity index (χ3v) is 5.80. The number of aliphatic hydroxyl groups excluding tert-OH is 1. The molecule has 0 saturated heterocycles. The number of aromatic nitrogens is 1. The van der Waals surface area contributed by atoms with Gasteiger partial charge in [0.2, 0.25) is 5.88 Å². The minimum atomic E-state index is -0.378. The number of fused-ring (bicyclic) bond motifs is 1. The van der Waals surface area contributed by atoms with Gasteiger partial charge in [0.1, 0.15) is 17.5 Å². The Bertz CT molecular complexity index is 907. The van der Waals surface area contributed by atoms with Gasteiger partial charge in [0.25, 0.3) is 5.91 Å². The van der Waals surface area contributed by atoms with Crippen LogP contribution in [0.1, 0.15) is 37.6 Å². The summed E-state index contributed by atoms with van der Waals surface area (Å²) >= 11 is 0. The van der Waals surface area contributed by atoms with Crippen LogP contribution in [0.25, 0.3) is 11.1 Å². The first kappa shape index (κ1) is 23.2. The molecule has 1 aliphatic rings. The standard InChI is InChI=1S/C24H32FN3O3/c1-5-10-27(4)14-22-16(2)13-28(17(3)15-29)24(30)20-11-18(12-26-23(20)31-22)19-8-6-7-9-21(19)25/h6-9,11-12,16-17,22,29H,5,10,13-15H2,1-4H3/t16-,17-,22+/m0/s1. The van der Waals surface area contributed by atoms with Crippen LogP contribution in [0, 0.1) is 11.7 Å². The van der Waals surface area contributed by atoms with Gasteiger partial charge < -0.3 is 19.6 Å². The van der Waals surface area contributed by atoms with Crippen molar-refractivity contribution in [1.29, 1.82) is 0 Å². The molecule has 1 aromatic carbocycles. The lowest BCUT2D eigenvalue weighted by Crippen LogP contribution is -2.50. The number of likely N-dealkylation sites (N-methyl/N-ethyl adjacent to an activating group) is 1. The normalized spacial score (nSPS) is 20.1. The topological polar surface area (TPSA) is 65.9 Å². The monoisotopic (exact) mass is 429 g/mol. The van der Waals surface area contributed by atoms with Gasteiger partial charge >= 0.3 is 0 Å². The maximum absolute atomic E-state index is 14.3. The molecule has 3 atom stereocenters. The second kappa shape index (κ2) is 10.2. The highest BCUT2D eigenvalue weighted by molar-refractivity contribution is 5.98. The Morgan fingerprint density at radius 2 is 2.10 bits per heavy atom. The lowest BCUT2D eigenvalue weighted by molar-refractivity contribution is 0.0331. The molecule has 0 radical (unpaired) electrons. The predicted molar refractivity (Wildman–Crippen MR) is 119 cm³/mol. The van der Waals surface area contributed by atoms with Crippen LogP contribution in [0.15, 0.2) is 36.5 Å². The third kappa shape index (κ3) is 5.22. The minimum absolute atomic E-state index is 0.0402. The number of pyridine rings is 1. The molecule has 6 nitrogen and oxygen atoms in total. The van der Waals surface area contributed by atoms with Gasteiger partial charge in [-0.3, -0.25) is 4.79 Å². The van der Waals surface area contributed by atoms with Gasteiger partial charge in [-0.2, -0.15) is 0 Å². The van der Waals surface area contributed by atoms with Crippen molar-refractivity contribution >= 4 is 5.91 Å². The highest BCUT2D eigenvalue weighted by Crippen LogP contribution is 2.31. The molecule has 0 aliphatic carbocycles. The number of carbonyl (C=O) groups is 1. The second-order valence-corrected chi connectivity index (χ2v) is 8.44. The summed E-state index contributed by atoms with van der Waals surface area (Å²) in [5.74, 6) is -0.355. The quantitative estimate of drug-likeness (QED) is 0.730. The van der Waals surface area contributed by atoms with Gasteiger partial charge in [0.15, 0.2) is 0 Å². The summed E-state index contributed by atoms with van der Waals surface area (Å²) in [6.07, 6.45) is 2.40. The zero-order valence-corrected chi connectivity index (χ0v) is 18.7. The highest BCUT2D eigenvalue weighted by Gasteiger charge is 2.34. The van der Waals surface area contributed by atoms with Crippen LogP contribution in [0.3, 0.4) is 0 Å². The highest BCUT2D eigenvalue weighted by atomic mass is 19.1. The fourth-order valence-electron chi connectivity index (χ4n) is 3.94. The molecule has 0 fully saturated rings. The molecule has 31 heavy (non-hydrogen) atoms. The van der Waals surface area contributed by atoms with E-state index >= 15 is 0 Å². The summed E-state index contributed by atoms with van der Waals surface area (Å²) in [5, 5.41) is 9.75. The molecule has 3 rings (SSSR count). The van der Waals surface area contributed by atoms with E-state index in [1.54, 1.807) is 35.4 Å². The van der Waals surface area contributed by atoms with E-state index < -0.39 is 0 Å². The molecular formula is C24H32FN3O3. The molecular weight excluding hydrogens is 397 g/mol. The summed E-state index contributed by atoms with van der Waals surface area (Å²) in [6, 6.07) is 7.69. The van der Waals surface area contributed by atoms with E-state index in [9.17, 15) is 14.3 Å². The van der Waals surface area contributed by atoms with Crippen molar-refractivity contribution in [1.82, 2.24) is 14.8 Å². The lowest BCUT2D eigenvalue weighted by Gasteiger charge is -2.37. The Hall–Kier alpha value is -2.51. The molecule has 0 unspecified atom stereocenters. The number of nitrogens with zero attached hydrogens (tertiary/aromatic N) is 3. The van der Waals surface area contributed by atoms with Gasteiger partial charge in [-0.25, -0.2) is 9.37 Å². The summed E-state index contributed by atoms with van der Waals surface area (Å²) in [7, 11) is 2.05. The van der Waals surface area contributed by atoms with Crippen LogP contribution >= 0.6 is 0 Å². The molecule has 1 N–H and O–H groups in total. The average molecular weight is 430 g/mol. The van der Waals surface area contributed by atoms with Crippen molar-refractivity contribution in [2.75, 3.05) is 33.3 Å². The molecule has 1 aliphatic heterocycles. The Labute approximate surface area is 183 Å². The Morgan fingerprint density at radius 1 is 1.35 bits per heavy atom. The SMILES string of the molecule is CCCN(C)C[C@H]1Oc2ncc(-c3ccccc3F)cc2C(=O)N([C@@H](C)CO)C[C@@H]1C. The molecule has 1 aromatic heterocycles. The third-order valence-electron chi connectivity index (χ3n) is 5.80. The number of ether oxygens (including phenoxy) is 1. The number of carbonyl (C=O) groups excluding carboxylic acids is 1. The summed E-state index contributed by atoms with van der Waals surface area (Å²) in [6.45, 7) is 7.94. The maximum Gasteiger partial charge on any atom is 0.259 e. The Morgan fingerprint density at radius 3 is 2.77 bits per heavy atom. The number of hydrogen-bond donors (Lipinski definition) is 1. The number of amides is 1. The van der Waals surface area contributed by atoms with Crippen molar-refractivity contribution < 1.29 is 19.0 Å². The Kier molecular flexibility index (Phi) is 7.62. The fourth-order valence-corrected chi connectivity index (χ4v) is 3.94. The molecule has 168 valence electrons. The molecule has 2 aromatic rings. The van der Waals surface area contributed by atoms with Crippen LogP contribution in [0.4, 0.5) is 4.39 Å². The minimum Gasteiger partial charge on any atom is -0.472 e. The van der Waals surface area contributed by atoms with Gasteiger partial charge in [-0.15, -0.1) is 0 Å². The van der Waals surface area contributed by atoms with Crippen LogP contribution in [-0.2, 0) is 0 Å². The largest absolute Gasteiger partial charge is 0.472 e. The van der Waals surface area contributed by atoms with Gasteiger partial charge in [0, 0.05) is 36.3 Å². The smallest absolute Gasteiger partial charge is 0.259 e. The second-order valence-electron chi connectivity index (χ2n) is 8.44. The van der Waals surface area contributed by atoms with E-state index in [4.69, 9.17) is 4.74 Å². The summed E-state index contributed by atoms with van der Waals surface area (Å²) < 4.78 is 20.6. The van der Waals surface area contributed by atoms with Crippen LogP contribution in [-0.4, -0.2) is 71.2 Å². The van der Waals surface area contributed by atoms with E-state index in [0.29, 0.717) is 24.2 Å².